The molecule has 0 unspecified atom stereocenters. The van der Waals surface area contributed by atoms with E-state index >= 15 is 0 Å². The van der Waals surface area contributed by atoms with E-state index in [2.05, 4.69) is 40.0 Å². The molecule has 0 rings (SSSR count). The monoisotopic (exact) mass is 322 g/mol. The highest BCUT2D eigenvalue weighted by molar-refractivity contribution is 6.71. The van der Waals surface area contributed by atoms with Crippen molar-refractivity contribution >= 4 is 16.6 Å². The topological polar surface area (TPSA) is 70.5 Å². The first-order valence-electron chi connectivity index (χ1n) is 7.92. The summed E-state index contributed by atoms with van der Waals surface area (Å²) in [5.41, 5.74) is 10.8. The zero-order valence-electron chi connectivity index (χ0n) is 14.6. The third-order valence-electron chi connectivity index (χ3n) is 3.04. The van der Waals surface area contributed by atoms with Crippen LogP contribution in [-0.4, -0.2) is 42.9 Å². The van der Waals surface area contributed by atoms with Crippen molar-refractivity contribution in [2.24, 2.45) is 11.5 Å². The lowest BCUT2D eigenvalue weighted by atomic mass is 10.5. The van der Waals surface area contributed by atoms with Crippen LogP contribution >= 0.6 is 0 Å². The molecule has 0 aromatic heterocycles. The molecule has 4 nitrogen and oxygen atoms in total. The SMILES string of the molecule is CCO[Si](C)(C)CCCN.CCO[Si](C)(C)CCCN. The van der Waals surface area contributed by atoms with E-state index < -0.39 is 16.6 Å². The molecular formula is C14H38N2O2Si2. The lowest BCUT2D eigenvalue weighted by molar-refractivity contribution is 0.328. The van der Waals surface area contributed by atoms with Crippen LogP contribution in [0.3, 0.4) is 0 Å². The summed E-state index contributed by atoms with van der Waals surface area (Å²) in [5.74, 6) is 0. The average Bonchev–Trinajstić information content (AvgIpc) is 2.35. The molecule has 0 radical (unpaired) electrons. The van der Waals surface area contributed by atoms with E-state index in [0.29, 0.717) is 0 Å². The standard InChI is InChI=1S/2C7H19NOSi/c2*1-4-9-10(2,3)7-5-6-8/h2*4-8H2,1-3H3. The Morgan fingerprint density at radius 2 is 1.00 bits per heavy atom. The molecule has 0 bridgehead atoms. The Balaban J connectivity index is 0. The number of nitrogens with two attached hydrogens (primary N) is 2. The molecule has 0 atom stereocenters. The fourth-order valence-corrected chi connectivity index (χ4v) is 5.94. The smallest absolute Gasteiger partial charge is 0.186 e. The van der Waals surface area contributed by atoms with Gasteiger partial charge in [0.15, 0.2) is 16.6 Å². The zero-order valence-corrected chi connectivity index (χ0v) is 16.6. The van der Waals surface area contributed by atoms with Gasteiger partial charge in [0.05, 0.1) is 0 Å². The van der Waals surface area contributed by atoms with E-state index in [9.17, 15) is 0 Å². The number of hydrogen-bond donors (Lipinski definition) is 2. The van der Waals surface area contributed by atoms with Gasteiger partial charge in [-0.2, -0.15) is 0 Å². The van der Waals surface area contributed by atoms with Crippen molar-refractivity contribution in [1.82, 2.24) is 0 Å². The van der Waals surface area contributed by atoms with E-state index in [1.807, 2.05) is 0 Å². The van der Waals surface area contributed by atoms with Crippen molar-refractivity contribution in [2.75, 3.05) is 26.3 Å². The third kappa shape index (κ3) is 16.3. The highest BCUT2D eigenvalue weighted by atomic mass is 28.4. The Hall–Kier alpha value is 0.274. The van der Waals surface area contributed by atoms with E-state index in [1.165, 1.54) is 12.1 Å². The maximum absolute atomic E-state index is 5.61. The Morgan fingerprint density at radius 3 is 1.20 bits per heavy atom. The van der Waals surface area contributed by atoms with Crippen molar-refractivity contribution in [3.05, 3.63) is 0 Å². The van der Waals surface area contributed by atoms with Gasteiger partial charge in [-0.05, 0) is 78.1 Å². The van der Waals surface area contributed by atoms with Crippen LogP contribution < -0.4 is 11.5 Å². The average molecular weight is 323 g/mol. The van der Waals surface area contributed by atoms with Crippen LogP contribution in [0, 0.1) is 0 Å². The second kappa shape index (κ2) is 13.0. The lowest BCUT2D eigenvalue weighted by Gasteiger charge is -2.21. The van der Waals surface area contributed by atoms with Gasteiger partial charge in [-0.25, -0.2) is 0 Å². The highest BCUT2D eigenvalue weighted by Gasteiger charge is 2.20. The van der Waals surface area contributed by atoms with Gasteiger partial charge in [0.25, 0.3) is 0 Å². The summed E-state index contributed by atoms with van der Waals surface area (Å²) in [7, 11) is -2.61. The fourth-order valence-electron chi connectivity index (χ4n) is 1.98. The van der Waals surface area contributed by atoms with Crippen LogP contribution in [0.4, 0.5) is 0 Å². The van der Waals surface area contributed by atoms with Gasteiger partial charge < -0.3 is 20.3 Å². The van der Waals surface area contributed by atoms with Crippen molar-refractivity contribution in [2.45, 2.75) is 65.0 Å². The Morgan fingerprint density at radius 1 is 0.700 bits per heavy atom. The van der Waals surface area contributed by atoms with Gasteiger partial charge in [0.1, 0.15) is 0 Å². The minimum absolute atomic E-state index is 0.795. The van der Waals surface area contributed by atoms with E-state index in [1.54, 1.807) is 0 Å². The fraction of sp³-hybridized carbons (Fsp3) is 1.00. The molecule has 0 heterocycles. The van der Waals surface area contributed by atoms with Crippen molar-refractivity contribution in [1.29, 1.82) is 0 Å². The van der Waals surface area contributed by atoms with Crippen LogP contribution in [0.5, 0.6) is 0 Å². The van der Waals surface area contributed by atoms with E-state index in [-0.39, 0.29) is 0 Å². The van der Waals surface area contributed by atoms with E-state index in [0.717, 1.165) is 39.1 Å². The molecule has 124 valence electrons. The molecule has 0 saturated heterocycles. The normalized spacial score (nSPS) is 12.0. The molecular weight excluding hydrogens is 284 g/mol. The molecule has 0 aliphatic rings. The first-order chi connectivity index (χ1) is 9.24. The largest absolute Gasteiger partial charge is 0.418 e. The van der Waals surface area contributed by atoms with Crippen LogP contribution in [-0.2, 0) is 8.85 Å². The minimum Gasteiger partial charge on any atom is -0.418 e. The van der Waals surface area contributed by atoms with Gasteiger partial charge in [0.2, 0.25) is 0 Å². The molecule has 20 heavy (non-hydrogen) atoms. The van der Waals surface area contributed by atoms with Crippen LogP contribution in [0.15, 0.2) is 0 Å². The summed E-state index contributed by atoms with van der Waals surface area (Å²) in [4.78, 5) is 0. The summed E-state index contributed by atoms with van der Waals surface area (Å²) < 4.78 is 11.2. The summed E-state index contributed by atoms with van der Waals surface area (Å²) in [6.07, 6.45) is 2.22. The Labute approximate surface area is 128 Å². The number of hydrogen-bond acceptors (Lipinski definition) is 4. The van der Waals surface area contributed by atoms with Gasteiger partial charge in [-0.1, -0.05) is 0 Å². The van der Waals surface area contributed by atoms with Gasteiger partial charge in [-0.3, -0.25) is 0 Å². The van der Waals surface area contributed by atoms with Crippen molar-refractivity contribution in [3.63, 3.8) is 0 Å². The quantitative estimate of drug-likeness (QED) is 0.606. The molecule has 0 aliphatic carbocycles. The van der Waals surface area contributed by atoms with Crippen LogP contribution in [0.25, 0.3) is 0 Å². The van der Waals surface area contributed by atoms with Gasteiger partial charge in [-0.15, -0.1) is 0 Å². The molecule has 0 aromatic carbocycles. The lowest BCUT2D eigenvalue weighted by Crippen LogP contribution is -2.30. The summed E-state index contributed by atoms with van der Waals surface area (Å²) >= 11 is 0. The van der Waals surface area contributed by atoms with Crippen LogP contribution in [0.2, 0.25) is 38.3 Å². The van der Waals surface area contributed by atoms with Crippen molar-refractivity contribution < 1.29 is 8.85 Å². The molecule has 0 aliphatic heterocycles. The molecule has 0 amide bonds. The third-order valence-corrected chi connectivity index (χ3v) is 8.29. The van der Waals surface area contributed by atoms with Gasteiger partial charge in [0, 0.05) is 13.2 Å². The number of rotatable bonds is 10. The molecule has 4 N–H and O–H groups in total. The molecule has 6 heteroatoms. The molecule has 0 saturated carbocycles. The highest BCUT2D eigenvalue weighted by Crippen LogP contribution is 2.12. The predicted octanol–water partition coefficient (Wildman–Crippen LogP) is 3.15. The predicted molar refractivity (Wildman–Crippen MR) is 95.2 cm³/mol. The maximum Gasteiger partial charge on any atom is 0.186 e. The first-order valence-corrected chi connectivity index (χ1v) is 14.2. The zero-order chi connectivity index (χ0) is 16.1. The maximum atomic E-state index is 5.61. The minimum atomic E-state index is -1.30. The second-order valence-electron chi connectivity index (χ2n) is 6.17. The molecule has 0 spiro atoms. The second-order valence-corrected chi connectivity index (χ2v) is 14.8. The summed E-state index contributed by atoms with van der Waals surface area (Å²) in [5, 5.41) is 0. The van der Waals surface area contributed by atoms with Crippen molar-refractivity contribution in [3.8, 4) is 0 Å². The summed E-state index contributed by atoms with van der Waals surface area (Å²) in [6.45, 7) is 16.4. The Kier molecular flexibility index (Phi) is 14.6. The first kappa shape index (κ1) is 22.6. The van der Waals surface area contributed by atoms with Crippen LogP contribution in [0.1, 0.15) is 26.7 Å². The van der Waals surface area contributed by atoms with E-state index in [4.69, 9.17) is 20.3 Å². The van der Waals surface area contributed by atoms with Gasteiger partial charge >= 0.3 is 0 Å². The molecule has 0 fully saturated rings. The molecule has 0 aromatic rings. The Bertz CT molecular complexity index is 193. The summed E-state index contributed by atoms with van der Waals surface area (Å²) in [6, 6.07) is 2.38.